The fourth-order valence-electron chi connectivity index (χ4n) is 2.04. The minimum Gasteiger partial charge on any atom is -0.445 e. The predicted octanol–water partition coefficient (Wildman–Crippen LogP) is 3.86. The zero-order valence-corrected chi connectivity index (χ0v) is 11.9. The van der Waals surface area contributed by atoms with Gasteiger partial charge in [-0.3, -0.25) is 0 Å². The van der Waals surface area contributed by atoms with Gasteiger partial charge in [-0.05, 0) is 31.3 Å². The Morgan fingerprint density at radius 3 is 2.63 bits per heavy atom. The van der Waals surface area contributed by atoms with Gasteiger partial charge < -0.3 is 9.64 Å². The second kappa shape index (κ2) is 8.73. The molecule has 0 aromatic carbocycles. The highest BCUT2D eigenvalue weighted by molar-refractivity contribution is 5.68. The van der Waals surface area contributed by atoms with Crippen molar-refractivity contribution in [3.8, 4) is 0 Å². The Balaban J connectivity index is 0.000000861. The molecule has 0 aromatic rings. The fraction of sp³-hybridized carbons (Fsp3) is 0.667. The van der Waals surface area contributed by atoms with Crippen LogP contribution in [0.3, 0.4) is 0 Å². The number of halogens is 1. The summed E-state index contributed by atoms with van der Waals surface area (Å²) in [5, 5.41) is 0. The molecule has 1 aliphatic carbocycles. The van der Waals surface area contributed by atoms with Crippen LogP contribution in [0.1, 0.15) is 39.5 Å². The molecule has 1 aliphatic heterocycles. The number of carbonyl (C=O) groups excluding carboxylic acids is 1. The number of likely N-dealkylation sites (tertiary alicyclic amines) is 1. The molecule has 2 aliphatic rings. The minimum atomic E-state index is -0.761. The number of alkyl halides is 1. The summed E-state index contributed by atoms with van der Waals surface area (Å²) in [6.07, 6.45) is 8.00. The summed E-state index contributed by atoms with van der Waals surface area (Å²) in [5.74, 6) is 0. The average Bonchev–Trinajstić information content (AvgIpc) is 2.49. The van der Waals surface area contributed by atoms with Crippen LogP contribution < -0.4 is 0 Å². The third-order valence-electron chi connectivity index (χ3n) is 3.12. The van der Waals surface area contributed by atoms with Gasteiger partial charge in [-0.1, -0.05) is 32.1 Å². The number of carbonyl (C=O) groups is 1. The number of hydrogen-bond donors (Lipinski definition) is 0. The fourth-order valence-corrected chi connectivity index (χ4v) is 2.04. The molecule has 0 spiro atoms. The first-order chi connectivity index (χ1) is 9.25. The van der Waals surface area contributed by atoms with Crippen LogP contribution in [-0.2, 0) is 4.74 Å². The summed E-state index contributed by atoms with van der Waals surface area (Å²) in [6.45, 7) is 5.26. The Kier molecular flexibility index (Phi) is 7.23. The normalized spacial score (nSPS) is 19.3. The van der Waals surface area contributed by atoms with Crippen LogP contribution >= 0.6 is 0 Å². The van der Waals surface area contributed by atoms with E-state index in [0.717, 1.165) is 18.4 Å². The number of amides is 1. The molecular formula is C15H24FNO2. The van der Waals surface area contributed by atoms with Crippen molar-refractivity contribution in [3.05, 3.63) is 23.8 Å². The van der Waals surface area contributed by atoms with Crippen LogP contribution in [0.2, 0.25) is 0 Å². The average molecular weight is 269 g/mol. The van der Waals surface area contributed by atoms with E-state index in [2.05, 4.69) is 12.2 Å². The summed E-state index contributed by atoms with van der Waals surface area (Å²) in [7, 11) is 0. The number of hydrogen-bond acceptors (Lipinski definition) is 2. The van der Waals surface area contributed by atoms with E-state index in [4.69, 9.17) is 4.74 Å². The highest BCUT2D eigenvalue weighted by Crippen LogP contribution is 2.15. The van der Waals surface area contributed by atoms with Crippen molar-refractivity contribution in [1.82, 2.24) is 4.90 Å². The Bertz CT molecular complexity index is 331. The lowest BCUT2D eigenvalue weighted by molar-refractivity contribution is 0.0886. The smallest absolute Gasteiger partial charge is 0.410 e. The van der Waals surface area contributed by atoms with Gasteiger partial charge in [0.25, 0.3) is 0 Å². The monoisotopic (exact) mass is 269 g/mol. The molecule has 1 amide bonds. The van der Waals surface area contributed by atoms with E-state index in [1.54, 1.807) is 4.90 Å². The number of rotatable bonds is 2. The highest BCUT2D eigenvalue weighted by atomic mass is 19.1. The van der Waals surface area contributed by atoms with Crippen molar-refractivity contribution in [2.45, 2.75) is 45.7 Å². The number of nitrogens with zero attached hydrogens (tertiary/aromatic N) is 1. The zero-order valence-electron chi connectivity index (χ0n) is 11.9. The number of allylic oxidation sites excluding steroid dienone is 2. The third kappa shape index (κ3) is 5.45. The van der Waals surface area contributed by atoms with Crippen LogP contribution in [0.5, 0.6) is 0 Å². The highest BCUT2D eigenvalue weighted by Gasteiger charge is 2.23. The van der Waals surface area contributed by atoms with Gasteiger partial charge in [-0.15, -0.1) is 0 Å². The first kappa shape index (κ1) is 15.7. The summed E-state index contributed by atoms with van der Waals surface area (Å²) in [4.78, 5) is 13.3. The van der Waals surface area contributed by atoms with Crippen LogP contribution in [0.4, 0.5) is 9.18 Å². The second-order valence-corrected chi connectivity index (χ2v) is 4.48. The SMILES string of the molecule is CC.O=C(OCC1=CCCC=C1)N1CCC(F)CC1. The maximum Gasteiger partial charge on any atom is 0.410 e. The zero-order chi connectivity index (χ0) is 14.1. The Morgan fingerprint density at radius 1 is 1.37 bits per heavy atom. The molecule has 0 N–H and O–H groups in total. The van der Waals surface area contributed by atoms with Gasteiger partial charge in [0.1, 0.15) is 12.8 Å². The van der Waals surface area contributed by atoms with Crippen LogP contribution in [0, 0.1) is 0 Å². The molecule has 0 atom stereocenters. The van der Waals surface area contributed by atoms with E-state index >= 15 is 0 Å². The molecule has 0 unspecified atom stereocenters. The first-order valence-corrected chi connectivity index (χ1v) is 7.17. The molecule has 108 valence electrons. The van der Waals surface area contributed by atoms with Gasteiger partial charge in [-0.25, -0.2) is 9.18 Å². The van der Waals surface area contributed by atoms with Crippen molar-refractivity contribution in [2.75, 3.05) is 19.7 Å². The molecule has 0 aromatic heterocycles. The van der Waals surface area contributed by atoms with Gasteiger partial charge in [-0.2, -0.15) is 0 Å². The maximum atomic E-state index is 12.9. The van der Waals surface area contributed by atoms with E-state index < -0.39 is 6.17 Å². The van der Waals surface area contributed by atoms with Crippen molar-refractivity contribution in [3.63, 3.8) is 0 Å². The van der Waals surface area contributed by atoms with Gasteiger partial charge in [0, 0.05) is 13.1 Å². The van der Waals surface area contributed by atoms with Crippen molar-refractivity contribution in [2.24, 2.45) is 0 Å². The molecule has 4 heteroatoms. The molecule has 3 nitrogen and oxygen atoms in total. The van der Waals surface area contributed by atoms with Crippen molar-refractivity contribution in [1.29, 1.82) is 0 Å². The number of ether oxygens (including phenoxy) is 1. The van der Waals surface area contributed by atoms with Gasteiger partial charge in [0.05, 0.1) is 0 Å². The molecule has 1 fully saturated rings. The topological polar surface area (TPSA) is 29.5 Å². The lowest BCUT2D eigenvalue weighted by Crippen LogP contribution is -2.39. The van der Waals surface area contributed by atoms with Crippen molar-refractivity contribution >= 4 is 6.09 Å². The molecule has 0 radical (unpaired) electrons. The quantitative estimate of drug-likeness (QED) is 0.762. The van der Waals surface area contributed by atoms with Crippen LogP contribution in [0.15, 0.2) is 23.8 Å². The van der Waals surface area contributed by atoms with Gasteiger partial charge >= 0.3 is 6.09 Å². The summed E-state index contributed by atoms with van der Waals surface area (Å²) >= 11 is 0. The van der Waals surface area contributed by atoms with E-state index in [0.29, 0.717) is 32.5 Å². The minimum absolute atomic E-state index is 0.322. The maximum absolute atomic E-state index is 12.9. The standard InChI is InChI=1S/C13H18FNO2.C2H6/c14-12-6-8-15(9-7-12)13(16)17-10-11-4-2-1-3-5-11;1-2/h2,4-5,12H,1,3,6-10H2;1-2H3. The molecule has 1 saturated heterocycles. The van der Waals surface area contributed by atoms with Crippen LogP contribution in [0.25, 0.3) is 0 Å². The van der Waals surface area contributed by atoms with Gasteiger partial charge in [0.2, 0.25) is 0 Å². The molecule has 0 bridgehead atoms. The lowest BCUT2D eigenvalue weighted by atomic mass is 10.1. The molecule has 19 heavy (non-hydrogen) atoms. The summed E-state index contributed by atoms with van der Waals surface area (Å²) in [6, 6.07) is 0. The van der Waals surface area contributed by atoms with E-state index in [1.807, 2.05) is 19.9 Å². The first-order valence-electron chi connectivity index (χ1n) is 7.17. The van der Waals surface area contributed by atoms with Crippen molar-refractivity contribution < 1.29 is 13.9 Å². The van der Waals surface area contributed by atoms with E-state index in [9.17, 15) is 9.18 Å². The number of piperidine rings is 1. The molecular weight excluding hydrogens is 245 g/mol. The Hall–Kier alpha value is -1.32. The summed E-state index contributed by atoms with van der Waals surface area (Å²) < 4.78 is 18.1. The third-order valence-corrected chi connectivity index (χ3v) is 3.12. The van der Waals surface area contributed by atoms with E-state index in [1.165, 1.54) is 0 Å². The van der Waals surface area contributed by atoms with E-state index in [-0.39, 0.29) is 6.09 Å². The van der Waals surface area contributed by atoms with Gasteiger partial charge in [0.15, 0.2) is 0 Å². The molecule has 0 saturated carbocycles. The molecule has 2 rings (SSSR count). The van der Waals surface area contributed by atoms with Crippen LogP contribution in [-0.4, -0.2) is 36.9 Å². The lowest BCUT2D eigenvalue weighted by Gasteiger charge is -2.27. The predicted molar refractivity (Wildman–Crippen MR) is 74.9 cm³/mol. The second-order valence-electron chi connectivity index (χ2n) is 4.48. The summed E-state index contributed by atoms with van der Waals surface area (Å²) in [5.41, 5.74) is 1.05. The Labute approximate surface area is 115 Å². The largest absolute Gasteiger partial charge is 0.445 e. The molecule has 1 heterocycles. The Morgan fingerprint density at radius 2 is 2.05 bits per heavy atom.